The molecule has 4 aromatic rings. The van der Waals surface area contributed by atoms with E-state index in [0.29, 0.717) is 16.7 Å². The second kappa shape index (κ2) is 4.84. The highest BCUT2D eigenvalue weighted by atomic mass is 16.3. The average molecular weight is 290 g/mol. The fourth-order valence-electron chi connectivity index (χ4n) is 2.76. The van der Waals surface area contributed by atoms with Crippen LogP contribution < -0.4 is 5.56 Å². The molecule has 0 saturated heterocycles. The maximum atomic E-state index is 12.7. The Morgan fingerprint density at radius 3 is 2.59 bits per heavy atom. The highest BCUT2D eigenvalue weighted by molar-refractivity contribution is 6.01. The molecule has 0 aliphatic carbocycles. The van der Waals surface area contributed by atoms with Crippen LogP contribution in [0.15, 0.2) is 70.1 Å². The molecule has 0 aliphatic rings. The van der Waals surface area contributed by atoms with Crippen molar-refractivity contribution in [2.45, 2.75) is 13.0 Å². The second-order valence-corrected chi connectivity index (χ2v) is 5.32. The topological polar surface area (TPSA) is 48.0 Å². The number of hydrogen-bond donors (Lipinski definition) is 0. The molecule has 4 rings (SSSR count). The molecule has 108 valence electrons. The SMILES string of the molecule is C[C@@H](c1ccccc1)n1cnc2c(oc3ccccc32)c1=O. The van der Waals surface area contributed by atoms with Crippen molar-refractivity contribution in [1.29, 1.82) is 0 Å². The van der Waals surface area contributed by atoms with Gasteiger partial charge in [-0.15, -0.1) is 0 Å². The van der Waals surface area contributed by atoms with Gasteiger partial charge in [-0.05, 0) is 24.6 Å². The summed E-state index contributed by atoms with van der Waals surface area (Å²) in [6, 6.07) is 17.3. The zero-order chi connectivity index (χ0) is 15.1. The van der Waals surface area contributed by atoms with Gasteiger partial charge in [0.15, 0.2) is 0 Å². The monoisotopic (exact) mass is 290 g/mol. The lowest BCUT2D eigenvalue weighted by Gasteiger charge is -2.14. The molecule has 22 heavy (non-hydrogen) atoms. The number of fused-ring (bicyclic) bond motifs is 3. The van der Waals surface area contributed by atoms with Crippen LogP contribution in [-0.2, 0) is 0 Å². The molecule has 2 aromatic carbocycles. The van der Waals surface area contributed by atoms with E-state index in [1.807, 2.05) is 61.5 Å². The van der Waals surface area contributed by atoms with E-state index >= 15 is 0 Å². The third kappa shape index (κ3) is 1.84. The van der Waals surface area contributed by atoms with E-state index in [9.17, 15) is 4.79 Å². The zero-order valence-corrected chi connectivity index (χ0v) is 12.1. The van der Waals surface area contributed by atoms with Gasteiger partial charge in [0.25, 0.3) is 5.56 Å². The summed E-state index contributed by atoms with van der Waals surface area (Å²) in [6.07, 6.45) is 1.60. The molecule has 0 amide bonds. The van der Waals surface area contributed by atoms with Crippen LogP contribution in [0.3, 0.4) is 0 Å². The summed E-state index contributed by atoms with van der Waals surface area (Å²) in [4.78, 5) is 17.2. The Hall–Kier alpha value is -2.88. The van der Waals surface area contributed by atoms with E-state index in [0.717, 1.165) is 10.9 Å². The van der Waals surface area contributed by atoms with E-state index in [1.54, 1.807) is 10.9 Å². The number of benzene rings is 2. The first-order valence-electron chi connectivity index (χ1n) is 7.19. The summed E-state index contributed by atoms with van der Waals surface area (Å²) in [6.45, 7) is 1.98. The molecule has 0 saturated carbocycles. The molecule has 0 fully saturated rings. The first-order valence-corrected chi connectivity index (χ1v) is 7.19. The number of furan rings is 1. The molecule has 0 spiro atoms. The molecule has 4 nitrogen and oxygen atoms in total. The largest absolute Gasteiger partial charge is 0.448 e. The first-order chi connectivity index (χ1) is 10.8. The lowest BCUT2D eigenvalue weighted by molar-refractivity contribution is 0.587. The molecular weight excluding hydrogens is 276 g/mol. The van der Waals surface area contributed by atoms with Gasteiger partial charge in [0.1, 0.15) is 11.1 Å². The number of rotatable bonds is 2. The van der Waals surface area contributed by atoms with Crippen LogP contribution in [0, 0.1) is 0 Å². The van der Waals surface area contributed by atoms with Crippen molar-refractivity contribution in [3.63, 3.8) is 0 Å². The van der Waals surface area contributed by atoms with E-state index in [2.05, 4.69) is 4.98 Å². The predicted molar refractivity (Wildman–Crippen MR) is 86.0 cm³/mol. The van der Waals surface area contributed by atoms with Crippen molar-refractivity contribution in [3.05, 3.63) is 76.8 Å². The van der Waals surface area contributed by atoms with Crippen LogP contribution in [0.5, 0.6) is 0 Å². The van der Waals surface area contributed by atoms with Crippen LogP contribution in [-0.4, -0.2) is 9.55 Å². The van der Waals surface area contributed by atoms with Gasteiger partial charge in [0, 0.05) is 5.39 Å². The Morgan fingerprint density at radius 2 is 1.77 bits per heavy atom. The Kier molecular flexibility index (Phi) is 2.82. The van der Waals surface area contributed by atoms with Crippen molar-refractivity contribution in [2.75, 3.05) is 0 Å². The van der Waals surface area contributed by atoms with Crippen LogP contribution in [0.4, 0.5) is 0 Å². The average Bonchev–Trinajstić information content (AvgIpc) is 2.95. The van der Waals surface area contributed by atoms with Gasteiger partial charge in [-0.2, -0.15) is 0 Å². The Balaban J connectivity index is 1.95. The van der Waals surface area contributed by atoms with Crippen molar-refractivity contribution >= 4 is 22.1 Å². The van der Waals surface area contributed by atoms with Crippen molar-refractivity contribution < 1.29 is 4.42 Å². The summed E-state index contributed by atoms with van der Waals surface area (Å²) < 4.78 is 7.33. The Morgan fingerprint density at radius 1 is 1.05 bits per heavy atom. The summed E-state index contributed by atoms with van der Waals surface area (Å²) >= 11 is 0. The van der Waals surface area contributed by atoms with Gasteiger partial charge in [-0.25, -0.2) is 4.98 Å². The van der Waals surface area contributed by atoms with Crippen molar-refractivity contribution in [2.24, 2.45) is 0 Å². The fourth-order valence-corrected chi connectivity index (χ4v) is 2.76. The van der Waals surface area contributed by atoms with Crippen LogP contribution in [0.1, 0.15) is 18.5 Å². The normalized spacial score (nSPS) is 12.8. The quantitative estimate of drug-likeness (QED) is 0.565. The highest BCUT2D eigenvalue weighted by Crippen LogP contribution is 2.25. The summed E-state index contributed by atoms with van der Waals surface area (Å²) in [7, 11) is 0. The molecule has 0 N–H and O–H groups in total. The van der Waals surface area contributed by atoms with Gasteiger partial charge in [-0.3, -0.25) is 9.36 Å². The Bertz CT molecular complexity index is 1020. The number of aromatic nitrogens is 2. The molecule has 0 aliphatic heterocycles. The zero-order valence-electron chi connectivity index (χ0n) is 12.1. The maximum Gasteiger partial charge on any atom is 0.297 e. The van der Waals surface area contributed by atoms with Crippen LogP contribution in [0.2, 0.25) is 0 Å². The van der Waals surface area contributed by atoms with E-state index < -0.39 is 0 Å². The van der Waals surface area contributed by atoms with E-state index in [4.69, 9.17) is 4.42 Å². The van der Waals surface area contributed by atoms with E-state index in [-0.39, 0.29) is 11.6 Å². The summed E-state index contributed by atoms with van der Waals surface area (Å²) in [5, 5.41) is 0.870. The standard InChI is InChI=1S/C18H14N2O2/c1-12(13-7-3-2-4-8-13)20-11-19-16-14-9-5-6-10-15(14)22-17(16)18(20)21/h2-12H,1H3/t12-/m0/s1. The highest BCUT2D eigenvalue weighted by Gasteiger charge is 2.16. The smallest absolute Gasteiger partial charge is 0.297 e. The lowest BCUT2D eigenvalue weighted by atomic mass is 10.1. The number of hydrogen-bond acceptors (Lipinski definition) is 3. The summed E-state index contributed by atoms with van der Waals surface area (Å²) in [5.74, 6) is 0. The minimum Gasteiger partial charge on any atom is -0.448 e. The minimum atomic E-state index is -0.155. The fraction of sp³-hybridized carbons (Fsp3) is 0.111. The van der Waals surface area contributed by atoms with Gasteiger partial charge < -0.3 is 4.42 Å². The van der Waals surface area contributed by atoms with Crippen LogP contribution in [0.25, 0.3) is 22.1 Å². The number of para-hydroxylation sites is 1. The summed E-state index contributed by atoms with van der Waals surface area (Å²) in [5.41, 5.74) is 2.52. The van der Waals surface area contributed by atoms with Gasteiger partial charge >= 0.3 is 0 Å². The molecular formula is C18H14N2O2. The first kappa shape index (κ1) is 12.8. The minimum absolute atomic E-state index is 0.0983. The molecule has 0 radical (unpaired) electrons. The third-order valence-corrected chi connectivity index (χ3v) is 4.01. The molecule has 2 aromatic heterocycles. The van der Waals surface area contributed by atoms with Crippen LogP contribution >= 0.6 is 0 Å². The van der Waals surface area contributed by atoms with Crippen molar-refractivity contribution in [1.82, 2.24) is 9.55 Å². The van der Waals surface area contributed by atoms with E-state index in [1.165, 1.54) is 0 Å². The number of nitrogens with zero attached hydrogens (tertiary/aromatic N) is 2. The Labute approximate surface area is 126 Å². The third-order valence-electron chi connectivity index (χ3n) is 4.01. The molecule has 2 heterocycles. The van der Waals surface area contributed by atoms with Gasteiger partial charge in [-0.1, -0.05) is 42.5 Å². The molecule has 0 unspecified atom stereocenters. The second-order valence-electron chi connectivity index (χ2n) is 5.32. The molecule has 0 bridgehead atoms. The molecule has 1 atom stereocenters. The molecule has 4 heteroatoms. The van der Waals surface area contributed by atoms with Gasteiger partial charge in [0.05, 0.1) is 12.4 Å². The maximum absolute atomic E-state index is 12.7. The van der Waals surface area contributed by atoms with Crippen molar-refractivity contribution in [3.8, 4) is 0 Å². The predicted octanol–water partition coefficient (Wildman–Crippen LogP) is 3.75. The lowest BCUT2D eigenvalue weighted by Crippen LogP contribution is -2.23. The van der Waals surface area contributed by atoms with Gasteiger partial charge in [0.2, 0.25) is 5.58 Å².